The van der Waals surface area contributed by atoms with Crippen LogP contribution < -0.4 is 5.56 Å². The molecule has 3 aromatic heterocycles. The molecule has 3 aromatic rings. The van der Waals surface area contributed by atoms with Gasteiger partial charge in [-0.2, -0.15) is 0 Å². The van der Waals surface area contributed by atoms with Crippen molar-refractivity contribution >= 4 is 31.8 Å². The molecule has 1 aliphatic rings. The molecule has 1 N–H and O–H groups in total. The Balaban J connectivity index is 2.17. The third-order valence-electron chi connectivity index (χ3n) is 4.05. The van der Waals surface area contributed by atoms with Gasteiger partial charge in [0.1, 0.15) is 9.53 Å². The normalized spacial score (nSPS) is 14.2. The van der Waals surface area contributed by atoms with Crippen molar-refractivity contribution in [2.24, 2.45) is 0 Å². The smallest absolute Gasteiger partial charge is 0.268 e. The number of aromatic amines is 1. The first kappa shape index (κ1) is 12.0. The van der Waals surface area contributed by atoms with Gasteiger partial charge in [-0.3, -0.25) is 4.79 Å². The highest BCUT2D eigenvalue weighted by Gasteiger charge is 2.23. The van der Waals surface area contributed by atoms with E-state index in [-0.39, 0.29) is 5.56 Å². The van der Waals surface area contributed by atoms with Gasteiger partial charge in [0.15, 0.2) is 0 Å². The summed E-state index contributed by atoms with van der Waals surface area (Å²) in [6.45, 7) is 2.18. The highest BCUT2D eigenvalue weighted by atomic mass is 32.1. The van der Waals surface area contributed by atoms with E-state index >= 15 is 0 Å². The van der Waals surface area contributed by atoms with Crippen LogP contribution in [0, 0.1) is 0 Å². The summed E-state index contributed by atoms with van der Waals surface area (Å²) in [4.78, 5) is 24.8. The number of fused-ring (bicyclic) bond motifs is 5. The molecule has 4 nitrogen and oxygen atoms in total. The van der Waals surface area contributed by atoms with Crippen LogP contribution in [0.3, 0.4) is 0 Å². The molecule has 0 saturated heterocycles. The minimum atomic E-state index is -0.0539. The zero-order valence-electron chi connectivity index (χ0n) is 11.3. The fraction of sp³-hybridized carbons (Fsp3) is 0.400. The van der Waals surface area contributed by atoms with Gasteiger partial charge in [0, 0.05) is 11.1 Å². The highest BCUT2D eigenvalue weighted by molar-refractivity contribution is 7.25. The van der Waals surface area contributed by atoms with Crippen LogP contribution in [0.2, 0.25) is 0 Å². The molecule has 0 aromatic carbocycles. The van der Waals surface area contributed by atoms with E-state index in [0.717, 1.165) is 41.4 Å². The summed E-state index contributed by atoms with van der Waals surface area (Å²) >= 11 is 1.48. The standard InChI is InChI=1S/C15H15N3OS/c1-2-4-10-8-5-3-6-9(8)11-12-13(20-15(11)18-10)14(19)17-7-16-12/h7H,2-6H2,1H3,(H,16,17,19). The average molecular weight is 285 g/mol. The van der Waals surface area contributed by atoms with Gasteiger partial charge in [-0.25, -0.2) is 9.97 Å². The van der Waals surface area contributed by atoms with Crippen molar-refractivity contribution in [1.82, 2.24) is 15.0 Å². The Morgan fingerprint density at radius 1 is 1.35 bits per heavy atom. The van der Waals surface area contributed by atoms with Crippen molar-refractivity contribution in [3.63, 3.8) is 0 Å². The van der Waals surface area contributed by atoms with Crippen LogP contribution in [0.25, 0.3) is 20.4 Å². The third-order valence-corrected chi connectivity index (χ3v) is 5.12. The first-order valence-electron chi connectivity index (χ1n) is 7.10. The number of H-pyrrole nitrogens is 1. The van der Waals surface area contributed by atoms with E-state index in [9.17, 15) is 4.79 Å². The van der Waals surface area contributed by atoms with Crippen molar-refractivity contribution in [3.05, 3.63) is 33.5 Å². The topological polar surface area (TPSA) is 58.6 Å². The number of nitrogens with one attached hydrogen (secondary N) is 1. The molecular formula is C15H15N3OS. The summed E-state index contributed by atoms with van der Waals surface area (Å²) in [6.07, 6.45) is 7.02. The molecule has 0 spiro atoms. The fourth-order valence-corrected chi connectivity index (χ4v) is 4.31. The number of aryl methyl sites for hydroxylation is 2. The van der Waals surface area contributed by atoms with Crippen LogP contribution in [0.4, 0.5) is 0 Å². The van der Waals surface area contributed by atoms with E-state index in [1.54, 1.807) is 0 Å². The van der Waals surface area contributed by atoms with Crippen LogP contribution in [-0.4, -0.2) is 15.0 Å². The van der Waals surface area contributed by atoms with Gasteiger partial charge in [-0.15, -0.1) is 11.3 Å². The van der Waals surface area contributed by atoms with Gasteiger partial charge in [0.05, 0.1) is 11.8 Å². The first-order valence-corrected chi connectivity index (χ1v) is 7.91. The van der Waals surface area contributed by atoms with E-state index in [0.29, 0.717) is 4.70 Å². The van der Waals surface area contributed by atoms with Crippen molar-refractivity contribution in [2.75, 3.05) is 0 Å². The molecule has 0 amide bonds. The molecule has 0 bridgehead atoms. The Morgan fingerprint density at radius 3 is 3.05 bits per heavy atom. The number of aromatic nitrogens is 3. The number of rotatable bonds is 2. The van der Waals surface area contributed by atoms with E-state index in [1.807, 2.05) is 0 Å². The maximum absolute atomic E-state index is 11.9. The number of thiophene rings is 1. The van der Waals surface area contributed by atoms with E-state index in [1.165, 1.54) is 40.9 Å². The number of hydrogen-bond acceptors (Lipinski definition) is 4. The van der Waals surface area contributed by atoms with Gasteiger partial charge in [-0.1, -0.05) is 13.3 Å². The molecule has 3 heterocycles. The molecule has 102 valence electrons. The Morgan fingerprint density at radius 2 is 2.20 bits per heavy atom. The molecule has 0 fully saturated rings. The van der Waals surface area contributed by atoms with Crippen molar-refractivity contribution in [3.8, 4) is 0 Å². The monoisotopic (exact) mass is 285 g/mol. The Hall–Kier alpha value is -1.75. The molecular weight excluding hydrogens is 270 g/mol. The second-order valence-corrected chi connectivity index (χ2v) is 6.31. The summed E-state index contributed by atoms with van der Waals surface area (Å²) in [5.41, 5.74) is 4.82. The largest absolute Gasteiger partial charge is 0.312 e. The number of pyridine rings is 1. The molecule has 0 aliphatic heterocycles. The number of hydrogen-bond donors (Lipinski definition) is 1. The minimum absolute atomic E-state index is 0.0539. The van der Waals surface area contributed by atoms with Crippen LogP contribution in [-0.2, 0) is 19.3 Å². The molecule has 20 heavy (non-hydrogen) atoms. The van der Waals surface area contributed by atoms with Crippen molar-refractivity contribution in [2.45, 2.75) is 39.0 Å². The first-order chi connectivity index (χ1) is 9.79. The summed E-state index contributed by atoms with van der Waals surface area (Å²) in [6, 6.07) is 0. The second-order valence-electron chi connectivity index (χ2n) is 5.31. The van der Waals surface area contributed by atoms with Gasteiger partial charge in [-0.05, 0) is 36.8 Å². The predicted molar refractivity (Wildman–Crippen MR) is 81.6 cm³/mol. The fourth-order valence-electron chi connectivity index (χ4n) is 3.23. The lowest BCUT2D eigenvalue weighted by Gasteiger charge is -2.07. The Kier molecular flexibility index (Phi) is 2.63. The molecule has 0 unspecified atom stereocenters. The average Bonchev–Trinajstić information content (AvgIpc) is 3.03. The summed E-state index contributed by atoms with van der Waals surface area (Å²) < 4.78 is 0.706. The van der Waals surface area contributed by atoms with Crippen molar-refractivity contribution < 1.29 is 0 Å². The summed E-state index contributed by atoms with van der Waals surface area (Å²) in [7, 11) is 0. The highest BCUT2D eigenvalue weighted by Crippen LogP contribution is 2.38. The quantitative estimate of drug-likeness (QED) is 0.787. The van der Waals surface area contributed by atoms with Gasteiger partial charge in [0.25, 0.3) is 5.56 Å². The van der Waals surface area contributed by atoms with Crippen LogP contribution >= 0.6 is 11.3 Å². The van der Waals surface area contributed by atoms with Gasteiger partial charge in [0.2, 0.25) is 0 Å². The SMILES string of the molecule is CCCc1nc2sc3c(=O)[nH]cnc3c2c2c1CCC2. The Labute approximate surface area is 119 Å². The van der Waals surface area contributed by atoms with E-state index in [2.05, 4.69) is 16.9 Å². The predicted octanol–water partition coefficient (Wildman–Crippen LogP) is 2.97. The minimum Gasteiger partial charge on any atom is -0.312 e. The lowest BCUT2D eigenvalue weighted by molar-refractivity contribution is 0.856. The molecule has 4 rings (SSSR count). The summed E-state index contributed by atoms with van der Waals surface area (Å²) in [5.74, 6) is 0. The lowest BCUT2D eigenvalue weighted by atomic mass is 10.0. The Bertz CT molecular complexity index is 878. The zero-order valence-corrected chi connectivity index (χ0v) is 12.1. The zero-order chi connectivity index (χ0) is 13.7. The van der Waals surface area contributed by atoms with Crippen LogP contribution in [0.15, 0.2) is 11.1 Å². The van der Waals surface area contributed by atoms with Gasteiger partial charge < -0.3 is 4.98 Å². The lowest BCUT2D eigenvalue weighted by Crippen LogP contribution is -2.03. The van der Waals surface area contributed by atoms with E-state index < -0.39 is 0 Å². The van der Waals surface area contributed by atoms with Crippen molar-refractivity contribution in [1.29, 1.82) is 0 Å². The number of nitrogens with zero attached hydrogens (tertiary/aromatic N) is 2. The molecule has 1 aliphatic carbocycles. The summed E-state index contributed by atoms with van der Waals surface area (Å²) in [5, 5.41) is 1.13. The molecule has 5 heteroatoms. The third kappa shape index (κ3) is 1.56. The van der Waals surface area contributed by atoms with E-state index in [4.69, 9.17) is 4.98 Å². The van der Waals surface area contributed by atoms with Crippen LogP contribution in [0.1, 0.15) is 36.6 Å². The second kappa shape index (κ2) is 4.38. The molecule has 0 atom stereocenters. The molecule has 0 radical (unpaired) electrons. The maximum atomic E-state index is 11.9. The molecule has 0 saturated carbocycles. The van der Waals surface area contributed by atoms with Gasteiger partial charge >= 0.3 is 0 Å². The maximum Gasteiger partial charge on any atom is 0.268 e. The van der Waals surface area contributed by atoms with Crippen LogP contribution in [0.5, 0.6) is 0 Å².